The van der Waals surface area contributed by atoms with Crippen molar-refractivity contribution < 1.29 is 9.53 Å². The van der Waals surface area contributed by atoms with E-state index in [9.17, 15) is 4.79 Å². The van der Waals surface area contributed by atoms with Crippen LogP contribution in [0.2, 0.25) is 0 Å². The molecule has 0 aromatic rings. The van der Waals surface area contributed by atoms with Gasteiger partial charge in [-0.05, 0) is 19.9 Å². The fourth-order valence-electron chi connectivity index (χ4n) is 1.29. The van der Waals surface area contributed by atoms with Crippen LogP contribution in [0.15, 0.2) is 0 Å². The van der Waals surface area contributed by atoms with Crippen LogP contribution in [-0.2, 0) is 9.53 Å². The van der Waals surface area contributed by atoms with Gasteiger partial charge in [-0.2, -0.15) is 0 Å². The van der Waals surface area contributed by atoms with E-state index in [-0.39, 0.29) is 5.78 Å². The maximum Gasteiger partial charge on any atom is 0.162 e. The second-order valence-corrected chi connectivity index (χ2v) is 2.68. The Hall–Kier alpha value is -0.410. The highest BCUT2D eigenvalue weighted by Crippen LogP contribution is 2.19. The van der Waals surface area contributed by atoms with Gasteiger partial charge in [0.05, 0.1) is 0 Å². The number of carbonyl (C=O) groups excluding carboxylic acids is 1. The third-order valence-electron chi connectivity index (χ3n) is 2.15. The van der Waals surface area contributed by atoms with Crippen LogP contribution in [0.5, 0.6) is 0 Å². The Morgan fingerprint density at radius 2 is 2.40 bits per heavy atom. The molecule has 0 saturated carbocycles. The second kappa shape index (κ2) is 2.68. The van der Waals surface area contributed by atoms with E-state index in [0.29, 0.717) is 6.54 Å². The van der Waals surface area contributed by atoms with Gasteiger partial charge in [0.1, 0.15) is 5.60 Å². The number of hydrogen-bond acceptors (Lipinski definition) is 3. The summed E-state index contributed by atoms with van der Waals surface area (Å²) >= 11 is 0. The number of methoxy groups -OCH3 is 1. The first kappa shape index (κ1) is 7.69. The van der Waals surface area contributed by atoms with Crippen molar-refractivity contribution in [2.45, 2.75) is 18.9 Å². The van der Waals surface area contributed by atoms with Gasteiger partial charge in [0.25, 0.3) is 0 Å². The smallest absolute Gasteiger partial charge is 0.162 e. The largest absolute Gasteiger partial charge is 0.369 e. The lowest BCUT2D eigenvalue weighted by molar-refractivity contribution is -0.136. The molecule has 1 rings (SSSR count). The molecule has 1 aliphatic rings. The van der Waals surface area contributed by atoms with Crippen LogP contribution in [0.25, 0.3) is 0 Å². The minimum Gasteiger partial charge on any atom is -0.369 e. The van der Waals surface area contributed by atoms with Crippen molar-refractivity contribution >= 4 is 5.78 Å². The van der Waals surface area contributed by atoms with Crippen LogP contribution < -0.4 is 5.32 Å². The summed E-state index contributed by atoms with van der Waals surface area (Å²) in [5.41, 5.74) is -0.514. The molecule has 0 aromatic heterocycles. The molecule has 0 amide bonds. The fourth-order valence-corrected chi connectivity index (χ4v) is 1.29. The topological polar surface area (TPSA) is 38.3 Å². The third-order valence-corrected chi connectivity index (χ3v) is 2.15. The van der Waals surface area contributed by atoms with Gasteiger partial charge in [0.15, 0.2) is 5.78 Å². The molecule has 3 nitrogen and oxygen atoms in total. The Morgan fingerprint density at radius 1 is 1.70 bits per heavy atom. The Kier molecular flexibility index (Phi) is 2.06. The highest BCUT2D eigenvalue weighted by atomic mass is 16.5. The van der Waals surface area contributed by atoms with E-state index in [2.05, 4.69) is 5.32 Å². The lowest BCUT2D eigenvalue weighted by Gasteiger charge is -2.22. The minimum absolute atomic E-state index is 0.125. The van der Waals surface area contributed by atoms with E-state index >= 15 is 0 Å². The third kappa shape index (κ3) is 1.07. The average molecular weight is 143 g/mol. The Labute approximate surface area is 60.7 Å². The quantitative estimate of drug-likeness (QED) is 0.589. The predicted octanol–water partition coefficient (Wildman–Crippen LogP) is -0.0461. The molecule has 0 bridgehead atoms. The van der Waals surface area contributed by atoms with Crippen LogP contribution in [0, 0.1) is 0 Å². The highest BCUT2D eigenvalue weighted by molar-refractivity contribution is 5.85. The number of carbonyl (C=O) groups is 1. The molecule has 1 fully saturated rings. The summed E-state index contributed by atoms with van der Waals surface area (Å²) in [4.78, 5) is 11.0. The van der Waals surface area contributed by atoms with Crippen LogP contribution in [0.3, 0.4) is 0 Å². The maximum absolute atomic E-state index is 11.0. The van der Waals surface area contributed by atoms with Crippen molar-refractivity contribution in [3.8, 4) is 0 Å². The number of hydrogen-bond donors (Lipinski definition) is 1. The Bertz CT molecular complexity index is 139. The van der Waals surface area contributed by atoms with Crippen molar-refractivity contribution in [1.29, 1.82) is 0 Å². The molecule has 1 heterocycles. The lowest BCUT2D eigenvalue weighted by Crippen LogP contribution is -2.41. The zero-order valence-corrected chi connectivity index (χ0v) is 6.44. The molecular weight excluding hydrogens is 130 g/mol. The molecule has 0 aliphatic carbocycles. The second-order valence-electron chi connectivity index (χ2n) is 2.68. The first-order chi connectivity index (χ1) is 4.71. The van der Waals surface area contributed by atoms with E-state index in [1.54, 1.807) is 14.0 Å². The van der Waals surface area contributed by atoms with Gasteiger partial charge in [0, 0.05) is 13.7 Å². The van der Waals surface area contributed by atoms with Gasteiger partial charge >= 0.3 is 0 Å². The van der Waals surface area contributed by atoms with Crippen LogP contribution in [0.1, 0.15) is 13.3 Å². The minimum atomic E-state index is -0.514. The molecule has 3 heteroatoms. The van der Waals surface area contributed by atoms with Gasteiger partial charge in [-0.25, -0.2) is 0 Å². The van der Waals surface area contributed by atoms with E-state index in [1.165, 1.54) is 0 Å². The molecule has 1 unspecified atom stereocenters. The number of ether oxygens (including phenoxy) is 1. The molecule has 0 spiro atoms. The van der Waals surface area contributed by atoms with Gasteiger partial charge in [-0.15, -0.1) is 0 Å². The number of rotatable bonds is 2. The number of nitrogens with one attached hydrogen (secondary N) is 1. The van der Waals surface area contributed by atoms with Crippen LogP contribution >= 0.6 is 0 Å². The lowest BCUT2D eigenvalue weighted by atomic mass is 9.99. The van der Waals surface area contributed by atoms with E-state index < -0.39 is 5.60 Å². The molecule has 1 atom stereocenters. The first-order valence-electron chi connectivity index (χ1n) is 3.48. The van der Waals surface area contributed by atoms with Crippen molar-refractivity contribution in [1.82, 2.24) is 5.32 Å². The molecule has 1 aliphatic heterocycles. The van der Waals surface area contributed by atoms with Gasteiger partial charge in [-0.1, -0.05) is 0 Å². The predicted molar refractivity (Wildman–Crippen MR) is 37.9 cm³/mol. The zero-order chi connectivity index (χ0) is 7.61. The fraction of sp³-hybridized carbons (Fsp3) is 0.857. The van der Waals surface area contributed by atoms with Crippen molar-refractivity contribution in [2.75, 3.05) is 20.2 Å². The van der Waals surface area contributed by atoms with Gasteiger partial charge in [-0.3, -0.25) is 4.79 Å². The summed E-state index contributed by atoms with van der Waals surface area (Å²) in [6.07, 6.45) is 0.804. The summed E-state index contributed by atoms with van der Waals surface area (Å²) in [6.45, 7) is 3.13. The Balaban J connectivity index is 2.67. The van der Waals surface area contributed by atoms with Crippen molar-refractivity contribution in [3.05, 3.63) is 0 Å². The summed E-state index contributed by atoms with van der Waals surface area (Å²) in [6, 6.07) is 0. The van der Waals surface area contributed by atoms with E-state index in [1.807, 2.05) is 0 Å². The van der Waals surface area contributed by atoms with Gasteiger partial charge in [0.2, 0.25) is 0 Å². The van der Waals surface area contributed by atoms with E-state index in [4.69, 9.17) is 4.74 Å². The monoisotopic (exact) mass is 143 g/mol. The number of Topliss-reactive ketones (excluding diaryl/α,β-unsaturated/α-hetero) is 1. The summed E-state index contributed by atoms with van der Waals surface area (Å²) in [5, 5.41) is 3.10. The molecule has 0 radical (unpaired) electrons. The summed E-state index contributed by atoms with van der Waals surface area (Å²) in [5.74, 6) is 0.125. The molecule has 10 heavy (non-hydrogen) atoms. The van der Waals surface area contributed by atoms with Crippen LogP contribution in [0.4, 0.5) is 0 Å². The normalized spacial score (nSPS) is 32.6. The van der Waals surface area contributed by atoms with Crippen molar-refractivity contribution in [3.63, 3.8) is 0 Å². The molecule has 58 valence electrons. The molecular formula is C7H13NO2. The van der Waals surface area contributed by atoms with Gasteiger partial charge < -0.3 is 10.1 Å². The zero-order valence-electron chi connectivity index (χ0n) is 6.44. The number of ketones is 1. The molecule has 0 aromatic carbocycles. The summed E-state index contributed by atoms with van der Waals surface area (Å²) < 4.78 is 5.15. The molecule has 1 N–H and O–H groups in total. The van der Waals surface area contributed by atoms with Crippen molar-refractivity contribution in [2.24, 2.45) is 0 Å². The SMILES string of the molecule is COC1(C(C)=O)CCNC1. The standard InChI is InChI=1S/C7H13NO2/c1-6(9)7(10-2)3-4-8-5-7/h8H,3-5H2,1-2H3. The maximum atomic E-state index is 11.0. The first-order valence-corrected chi connectivity index (χ1v) is 3.48. The average Bonchev–Trinajstić information content (AvgIpc) is 2.35. The van der Waals surface area contributed by atoms with Crippen LogP contribution in [-0.4, -0.2) is 31.6 Å². The highest BCUT2D eigenvalue weighted by Gasteiger charge is 2.38. The molecule has 1 saturated heterocycles. The summed E-state index contributed by atoms with van der Waals surface area (Å²) in [7, 11) is 1.59. The Morgan fingerprint density at radius 3 is 2.60 bits per heavy atom. The van der Waals surface area contributed by atoms with E-state index in [0.717, 1.165) is 13.0 Å².